The molecule has 146 valence electrons. The molecule has 0 spiro atoms. The third-order valence-electron chi connectivity index (χ3n) is 4.89. The number of aromatic nitrogens is 2. The predicted octanol–water partition coefficient (Wildman–Crippen LogP) is 3.46. The van der Waals surface area contributed by atoms with E-state index in [2.05, 4.69) is 36.2 Å². The lowest BCUT2D eigenvalue weighted by molar-refractivity contribution is -0.138. The fourth-order valence-corrected chi connectivity index (χ4v) is 3.18. The lowest BCUT2D eigenvalue weighted by Crippen LogP contribution is -2.42. The highest BCUT2D eigenvalue weighted by Crippen LogP contribution is 2.22. The number of nitrogens with one attached hydrogen (secondary N) is 1. The summed E-state index contributed by atoms with van der Waals surface area (Å²) in [5, 5.41) is 7.43. The van der Waals surface area contributed by atoms with Crippen LogP contribution in [0.5, 0.6) is 5.75 Å². The van der Waals surface area contributed by atoms with Crippen molar-refractivity contribution >= 4 is 5.91 Å². The summed E-state index contributed by atoms with van der Waals surface area (Å²) in [7, 11) is 0. The number of H-pyrrole nitrogens is 1. The van der Waals surface area contributed by atoms with Crippen molar-refractivity contribution in [1.29, 1.82) is 0 Å². The van der Waals surface area contributed by atoms with Gasteiger partial charge in [0.05, 0.1) is 25.5 Å². The number of carbonyl (C=O) groups excluding carboxylic acids is 1. The summed E-state index contributed by atoms with van der Waals surface area (Å²) >= 11 is 0. The quantitative estimate of drug-likeness (QED) is 0.809. The summed E-state index contributed by atoms with van der Waals surface area (Å²) in [6, 6.07) is 10.3. The normalized spacial score (nSPS) is 17.3. The zero-order valence-corrected chi connectivity index (χ0v) is 16.4. The van der Waals surface area contributed by atoms with Crippen LogP contribution in [0.2, 0.25) is 0 Å². The summed E-state index contributed by atoms with van der Waals surface area (Å²) in [5.41, 5.74) is 3.16. The van der Waals surface area contributed by atoms with Gasteiger partial charge in [-0.15, -0.1) is 0 Å². The Morgan fingerprint density at radius 3 is 2.85 bits per heavy atom. The SMILES string of the molecule is CCC(=O)N1CCO[C@@H](c2cc(CCOc3ccc(C(C)C)cc3)[nH]n2)C1. The van der Waals surface area contributed by atoms with E-state index < -0.39 is 0 Å². The van der Waals surface area contributed by atoms with Gasteiger partial charge < -0.3 is 14.4 Å². The highest BCUT2D eigenvalue weighted by Gasteiger charge is 2.26. The van der Waals surface area contributed by atoms with Crippen LogP contribution in [0.4, 0.5) is 0 Å². The van der Waals surface area contributed by atoms with Gasteiger partial charge in [-0.2, -0.15) is 5.10 Å². The Morgan fingerprint density at radius 1 is 1.37 bits per heavy atom. The van der Waals surface area contributed by atoms with Crippen LogP contribution in [0.1, 0.15) is 56.2 Å². The van der Waals surface area contributed by atoms with Crippen LogP contribution in [0.15, 0.2) is 30.3 Å². The van der Waals surface area contributed by atoms with Gasteiger partial charge in [0.15, 0.2) is 0 Å². The van der Waals surface area contributed by atoms with Crippen LogP contribution in [-0.4, -0.2) is 47.3 Å². The number of morpholine rings is 1. The van der Waals surface area contributed by atoms with E-state index in [4.69, 9.17) is 9.47 Å². The fraction of sp³-hybridized carbons (Fsp3) is 0.524. The molecule has 6 nitrogen and oxygen atoms in total. The molecule has 0 bridgehead atoms. The molecule has 3 rings (SSSR count). The maximum absolute atomic E-state index is 11.9. The average molecular weight is 371 g/mol. The number of benzene rings is 1. The Hall–Kier alpha value is -2.34. The number of hydrogen-bond donors (Lipinski definition) is 1. The maximum Gasteiger partial charge on any atom is 0.222 e. The smallest absolute Gasteiger partial charge is 0.222 e. The molecule has 1 aliphatic heterocycles. The average Bonchev–Trinajstić information content (AvgIpc) is 3.17. The first kappa shape index (κ1) is 19.4. The maximum atomic E-state index is 11.9. The van der Waals surface area contributed by atoms with E-state index in [1.165, 1.54) is 5.56 Å². The Kier molecular flexibility index (Phi) is 6.50. The van der Waals surface area contributed by atoms with E-state index >= 15 is 0 Å². The molecule has 1 atom stereocenters. The summed E-state index contributed by atoms with van der Waals surface area (Å²) < 4.78 is 11.6. The van der Waals surface area contributed by atoms with Crippen molar-refractivity contribution in [2.45, 2.75) is 45.6 Å². The van der Waals surface area contributed by atoms with Gasteiger partial charge in [0.1, 0.15) is 11.9 Å². The minimum atomic E-state index is -0.163. The molecule has 1 amide bonds. The van der Waals surface area contributed by atoms with Gasteiger partial charge in [0.25, 0.3) is 0 Å². The molecular weight excluding hydrogens is 342 g/mol. The van der Waals surface area contributed by atoms with E-state index in [0.717, 1.165) is 23.6 Å². The van der Waals surface area contributed by atoms with Crippen LogP contribution in [-0.2, 0) is 16.0 Å². The topological polar surface area (TPSA) is 67.5 Å². The first-order valence-electron chi connectivity index (χ1n) is 9.73. The predicted molar refractivity (Wildman–Crippen MR) is 104 cm³/mol. The molecule has 27 heavy (non-hydrogen) atoms. The van der Waals surface area contributed by atoms with Crippen molar-refractivity contribution in [3.8, 4) is 5.75 Å². The second-order valence-electron chi connectivity index (χ2n) is 7.19. The molecular formula is C21H29N3O3. The Morgan fingerprint density at radius 2 is 2.15 bits per heavy atom. The van der Waals surface area contributed by atoms with Crippen LogP contribution in [0.25, 0.3) is 0 Å². The van der Waals surface area contributed by atoms with Crippen LogP contribution >= 0.6 is 0 Å². The number of hydrogen-bond acceptors (Lipinski definition) is 4. The van der Waals surface area contributed by atoms with Crippen molar-refractivity contribution in [2.75, 3.05) is 26.3 Å². The summed E-state index contributed by atoms with van der Waals surface area (Å²) in [5.74, 6) is 1.56. The second kappa shape index (κ2) is 9.04. The molecule has 2 heterocycles. The van der Waals surface area contributed by atoms with Crippen molar-refractivity contribution in [3.63, 3.8) is 0 Å². The molecule has 1 aliphatic rings. The van der Waals surface area contributed by atoms with Crippen molar-refractivity contribution in [1.82, 2.24) is 15.1 Å². The van der Waals surface area contributed by atoms with E-state index in [1.807, 2.05) is 30.0 Å². The molecule has 1 aromatic carbocycles. The first-order chi connectivity index (χ1) is 13.1. The van der Waals surface area contributed by atoms with Gasteiger partial charge in [-0.05, 0) is 29.7 Å². The molecule has 2 aromatic rings. The van der Waals surface area contributed by atoms with Crippen molar-refractivity contribution in [3.05, 3.63) is 47.3 Å². The van der Waals surface area contributed by atoms with Gasteiger partial charge in [0.2, 0.25) is 5.91 Å². The lowest BCUT2D eigenvalue weighted by Gasteiger charge is -2.32. The molecule has 6 heteroatoms. The molecule has 0 aliphatic carbocycles. The van der Waals surface area contributed by atoms with Gasteiger partial charge >= 0.3 is 0 Å². The summed E-state index contributed by atoms with van der Waals surface area (Å²) in [6.45, 7) is 8.59. The monoisotopic (exact) mass is 371 g/mol. The third kappa shape index (κ3) is 5.10. The number of carbonyl (C=O) groups is 1. The van der Waals surface area contributed by atoms with E-state index in [0.29, 0.717) is 38.6 Å². The van der Waals surface area contributed by atoms with Crippen LogP contribution in [0, 0.1) is 0 Å². The largest absolute Gasteiger partial charge is 0.493 e. The summed E-state index contributed by atoms with van der Waals surface area (Å²) in [6.07, 6.45) is 1.10. The van der Waals surface area contributed by atoms with Crippen LogP contribution in [0.3, 0.4) is 0 Å². The Balaban J connectivity index is 1.50. The van der Waals surface area contributed by atoms with Gasteiger partial charge in [-0.3, -0.25) is 9.89 Å². The minimum Gasteiger partial charge on any atom is -0.493 e. The van der Waals surface area contributed by atoms with E-state index in [9.17, 15) is 4.79 Å². The van der Waals surface area contributed by atoms with E-state index in [-0.39, 0.29) is 12.0 Å². The number of ether oxygens (including phenoxy) is 2. The minimum absolute atomic E-state index is 0.163. The molecule has 1 saturated heterocycles. The standard InChI is InChI=1S/C21H29N3O3/c1-4-21(25)24-10-12-27-20(14-24)19-13-17(22-23-19)9-11-26-18-7-5-16(6-8-18)15(2)3/h5-8,13,15,20H,4,9-12,14H2,1-3H3,(H,22,23)/t20-/m1/s1. The van der Waals surface area contributed by atoms with Crippen molar-refractivity contribution < 1.29 is 14.3 Å². The van der Waals surface area contributed by atoms with Gasteiger partial charge in [-0.1, -0.05) is 32.9 Å². The molecule has 0 saturated carbocycles. The molecule has 1 aromatic heterocycles. The number of aromatic amines is 1. The first-order valence-corrected chi connectivity index (χ1v) is 9.73. The third-order valence-corrected chi connectivity index (χ3v) is 4.89. The Bertz CT molecular complexity index is 739. The van der Waals surface area contributed by atoms with Gasteiger partial charge in [-0.25, -0.2) is 0 Å². The van der Waals surface area contributed by atoms with Crippen LogP contribution < -0.4 is 4.74 Å². The molecule has 0 radical (unpaired) electrons. The number of amides is 1. The zero-order valence-electron chi connectivity index (χ0n) is 16.4. The highest BCUT2D eigenvalue weighted by atomic mass is 16.5. The number of rotatable bonds is 7. The fourth-order valence-electron chi connectivity index (χ4n) is 3.18. The molecule has 1 fully saturated rings. The Labute approximate surface area is 160 Å². The lowest BCUT2D eigenvalue weighted by atomic mass is 10.0. The van der Waals surface area contributed by atoms with Gasteiger partial charge in [0, 0.05) is 25.1 Å². The molecule has 1 N–H and O–H groups in total. The molecule has 0 unspecified atom stereocenters. The zero-order chi connectivity index (χ0) is 19.2. The van der Waals surface area contributed by atoms with E-state index in [1.54, 1.807) is 0 Å². The highest BCUT2D eigenvalue weighted by molar-refractivity contribution is 5.75. The second-order valence-corrected chi connectivity index (χ2v) is 7.19. The summed E-state index contributed by atoms with van der Waals surface area (Å²) in [4.78, 5) is 13.8. The number of nitrogens with zero attached hydrogens (tertiary/aromatic N) is 2. The van der Waals surface area contributed by atoms with Crippen molar-refractivity contribution in [2.24, 2.45) is 0 Å².